The highest BCUT2D eigenvalue weighted by Gasteiger charge is 2.13. The molecular formula is C12H10N2O5. The van der Waals surface area contributed by atoms with Crippen LogP contribution >= 0.6 is 0 Å². The van der Waals surface area contributed by atoms with E-state index in [2.05, 4.69) is 4.74 Å². The van der Waals surface area contributed by atoms with Crippen molar-refractivity contribution in [3.63, 3.8) is 0 Å². The predicted molar refractivity (Wildman–Crippen MR) is 65.0 cm³/mol. The molecule has 0 aromatic heterocycles. The molecule has 0 spiro atoms. The number of nitrogens with zero attached hydrogens (tertiary/aromatic N) is 2. The number of aromatic hydroxyl groups is 1. The molecule has 0 aliphatic heterocycles. The molecule has 19 heavy (non-hydrogen) atoms. The van der Waals surface area contributed by atoms with Crippen LogP contribution in [0, 0.1) is 21.4 Å². The van der Waals surface area contributed by atoms with Gasteiger partial charge in [-0.3, -0.25) is 10.1 Å². The number of hydrogen-bond acceptors (Lipinski definition) is 6. The Kier molecular flexibility index (Phi) is 4.60. The van der Waals surface area contributed by atoms with Crippen LogP contribution in [0.3, 0.4) is 0 Å². The largest absolute Gasteiger partial charge is 0.507 e. The summed E-state index contributed by atoms with van der Waals surface area (Å²) in [4.78, 5) is 21.4. The monoisotopic (exact) mass is 262 g/mol. The number of phenolic OH excluding ortho intramolecular Hbond substituents is 1. The molecule has 0 fully saturated rings. The van der Waals surface area contributed by atoms with Crippen LogP contribution in [0.5, 0.6) is 5.75 Å². The van der Waals surface area contributed by atoms with Gasteiger partial charge in [0.25, 0.3) is 5.69 Å². The minimum atomic E-state index is -0.729. The van der Waals surface area contributed by atoms with Gasteiger partial charge in [-0.05, 0) is 12.1 Å². The van der Waals surface area contributed by atoms with E-state index in [0.29, 0.717) is 0 Å². The van der Waals surface area contributed by atoms with Crippen molar-refractivity contribution >= 4 is 17.7 Å². The second kappa shape index (κ2) is 6.16. The summed E-state index contributed by atoms with van der Waals surface area (Å²) in [5.41, 5.74) is -0.157. The van der Waals surface area contributed by atoms with Crippen molar-refractivity contribution in [2.24, 2.45) is 0 Å². The summed E-state index contributed by atoms with van der Waals surface area (Å²) in [6.07, 6.45) is 0.964. The van der Waals surface area contributed by atoms with Gasteiger partial charge in [-0.2, -0.15) is 5.26 Å². The first kappa shape index (κ1) is 14.2. The van der Waals surface area contributed by atoms with Gasteiger partial charge < -0.3 is 9.84 Å². The molecule has 7 heteroatoms. The number of non-ortho nitro benzene ring substituents is 1. The summed E-state index contributed by atoms with van der Waals surface area (Å²) >= 11 is 0. The summed E-state index contributed by atoms with van der Waals surface area (Å²) in [5.74, 6) is -0.961. The van der Waals surface area contributed by atoms with Crippen LogP contribution < -0.4 is 0 Å². The maximum Gasteiger partial charge on any atom is 0.334 e. The first-order valence-electron chi connectivity index (χ1n) is 5.12. The number of methoxy groups -OCH3 is 1. The van der Waals surface area contributed by atoms with E-state index in [0.717, 1.165) is 25.3 Å². The first-order chi connectivity index (χ1) is 8.99. The lowest BCUT2D eigenvalue weighted by Crippen LogP contribution is -2.04. The molecule has 0 aliphatic rings. The second-order valence-electron chi connectivity index (χ2n) is 3.50. The second-order valence-corrected chi connectivity index (χ2v) is 3.50. The molecule has 7 nitrogen and oxygen atoms in total. The Balaban J connectivity index is 3.27. The average molecular weight is 262 g/mol. The van der Waals surface area contributed by atoms with Gasteiger partial charge in [0, 0.05) is 17.7 Å². The minimum Gasteiger partial charge on any atom is -0.507 e. The quantitative estimate of drug-likeness (QED) is 0.383. The van der Waals surface area contributed by atoms with Gasteiger partial charge in [-0.25, -0.2) is 4.79 Å². The third kappa shape index (κ3) is 3.54. The minimum absolute atomic E-state index is 0.000739. The number of esters is 1. The third-order valence-corrected chi connectivity index (χ3v) is 2.27. The molecular weight excluding hydrogens is 252 g/mol. The summed E-state index contributed by atoms with van der Waals surface area (Å²) in [5, 5.41) is 28.8. The fraction of sp³-hybridized carbons (Fsp3) is 0.167. The van der Waals surface area contributed by atoms with Crippen LogP contribution in [0.15, 0.2) is 23.8 Å². The number of ether oxygens (including phenoxy) is 1. The first-order valence-corrected chi connectivity index (χ1v) is 5.12. The van der Waals surface area contributed by atoms with E-state index >= 15 is 0 Å². The molecule has 1 aromatic rings. The van der Waals surface area contributed by atoms with E-state index < -0.39 is 10.9 Å². The predicted octanol–water partition coefficient (Wildman–Crippen LogP) is 1.77. The third-order valence-electron chi connectivity index (χ3n) is 2.27. The van der Waals surface area contributed by atoms with Gasteiger partial charge >= 0.3 is 5.97 Å². The van der Waals surface area contributed by atoms with Gasteiger partial charge in [-0.1, -0.05) is 0 Å². The van der Waals surface area contributed by atoms with Crippen molar-refractivity contribution in [2.45, 2.75) is 6.42 Å². The Labute approximate surface area is 108 Å². The van der Waals surface area contributed by atoms with Crippen molar-refractivity contribution in [1.29, 1.82) is 5.26 Å². The SMILES string of the molecule is COC(=O)/C(=C/c1cc([N+](=O)[O-])ccc1O)CC#N. The van der Waals surface area contributed by atoms with Crippen LogP contribution in [0.2, 0.25) is 0 Å². The molecule has 0 saturated heterocycles. The Hall–Kier alpha value is -2.88. The maximum atomic E-state index is 11.4. The van der Waals surface area contributed by atoms with Crippen LogP contribution in [0.1, 0.15) is 12.0 Å². The lowest BCUT2D eigenvalue weighted by atomic mass is 10.1. The molecule has 1 N–H and O–H groups in total. The number of benzene rings is 1. The van der Waals surface area contributed by atoms with Gasteiger partial charge in [0.2, 0.25) is 0 Å². The Morgan fingerprint density at radius 1 is 1.63 bits per heavy atom. The standard InChI is InChI=1S/C12H10N2O5/c1-19-12(16)8(4-5-13)6-9-7-10(14(17)18)2-3-11(9)15/h2-3,6-7,15H,4H2,1H3/b8-6+. The van der Waals surface area contributed by atoms with Gasteiger partial charge in [0.05, 0.1) is 30.1 Å². The van der Waals surface area contributed by atoms with Crippen molar-refractivity contribution in [1.82, 2.24) is 0 Å². The zero-order valence-corrected chi connectivity index (χ0v) is 9.99. The van der Waals surface area contributed by atoms with E-state index in [9.17, 15) is 20.0 Å². The molecule has 0 amide bonds. The fourth-order valence-corrected chi connectivity index (χ4v) is 1.36. The highest BCUT2D eigenvalue weighted by atomic mass is 16.6. The molecule has 98 valence electrons. The average Bonchev–Trinajstić information content (AvgIpc) is 2.39. The molecule has 0 bridgehead atoms. The molecule has 0 unspecified atom stereocenters. The van der Waals surface area contributed by atoms with Crippen LogP contribution in [0.4, 0.5) is 5.69 Å². The Morgan fingerprint density at radius 2 is 2.32 bits per heavy atom. The number of carbonyl (C=O) groups excluding carboxylic acids is 1. The molecule has 0 saturated carbocycles. The molecule has 0 atom stereocenters. The van der Waals surface area contributed by atoms with Crippen molar-refractivity contribution in [3.8, 4) is 11.8 Å². The summed E-state index contributed by atoms with van der Waals surface area (Å²) in [6.45, 7) is 0. The maximum absolute atomic E-state index is 11.4. The highest BCUT2D eigenvalue weighted by molar-refractivity contribution is 5.94. The zero-order valence-electron chi connectivity index (χ0n) is 9.99. The molecule has 0 radical (unpaired) electrons. The van der Waals surface area contributed by atoms with E-state index in [1.165, 1.54) is 6.08 Å². The molecule has 0 aliphatic carbocycles. The van der Waals surface area contributed by atoms with Gasteiger partial charge in [0.1, 0.15) is 5.75 Å². The van der Waals surface area contributed by atoms with E-state index in [1.807, 2.05) is 0 Å². The topological polar surface area (TPSA) is 113 Å². The van der Waals surface area contributed by atoms with Crippen molar-refractivity contribution in [3.05, 3.63) is 39.4 Å². The number of rotatable bonds is 4. The van der Waals surface area contributed by atoms with Crippen LogP contribution in [-0.2, 0) is 9.53 Å². The number of carbonyl (C=O) groups is 1. The number of nitriles is 1. The van der Waals surface area contributed by atoms with Crippen LogP contribution in [-0.4, -0.2) is 23.1 Å². The number of phenols is 1. The number of hydrogen-bond donors (Lipinski definition) is 1. The smallest absolute Gasteiger partial charge is 0.334 e. The van der Waals surface area contributed by atoms with Crippen molar-refractivity contribution in [2.75, 3.05) is 7.11 Å². The summed E-state index contributed by atoms with van der Waals surface area (Å²) < 4.78 is 4.48. The summed E-state index contributed by atoms with van der Waals surface area (Å²) in [7, 11) is 1.15. The number of nitro benzene ring substituents is 1. The van der Waals surface area contributed by atoms with Crippen molar-refractivity contribution < 1.29 is 19.6 Å². The Morgan fingerprint density at radius 3 is 2.84 bits per heavy atom. The summed E-state index contributed by atoms with van der Waals surface area (Å²) in [6, 6.07) is 5.16. The van der Waals surface area contributed by atoms with E-state index in [1.54, 1.807) is 6.07 Å². The lowest BCUT2D eigenvalue weighted by molar-refractivity contribution is -0.384. The molecule has 0 heterocycles. The van der Waals surface area contributed by atoms with Gasteiger partial charge in [0.15, 0.2) is 0 Å². The fourth-order valence-electron chi connectivity index (χ4n) is 1.36. The molecule has 1 aromatic carbocycles. The van der Waals surface area contributed by atoms with Crippen LogP contribution in [0.25, 0.3) is 6.08 Å². The van der Waals surface area contributed by atoms with E-state index in [-0.39, 0.29) is 29.0 Å². The lowest BCUT2D eigenvalue weighted by Gasteiger charge is -2.03. The zero-order chi connectivity index (χ0) is 14.4. The molecule has 1 rings (SSSR count). The highest BCUT2D eigenvalue weighted by Crippen LogP contribution is 2.25. The van der Waals surface area contributed by atoms with E-state index in [4.69, 9.17) is 5.26 Å². The normalized spacial score (nSPS) is 10.6. The Bertz CT molecular complexity index is 586. The number of nitro groups is 1. The van der Waals surface area contributed by atoms with Gasteiger partial charge in [-0.15, -0.1) is 0 Å².